The van der Waals surface area contributed by atoms with Crippen LogP contribution in [0.4, 0.5) is 5.69 Å². The number of ketones is 1. The van der Waals surface area contributed by atoms with Gasteiger partial charge in [-0.1, -0.05) is 0 Å². The second-order valence-corrected chi connectivity index (χ2v) is 6.89. The van der Waals surface area contributed by atoms with Gasteiger partial charge in [0.1, 0.15) is 17.9 Å². The van der Waals surface area contributed by atoms with Crippen LogP contribution in [0.1, 0.15) is 46.0 Å². The van der Waals surface area contributed by atoms with Crippen LogP contribution in [0, 0.1) is 37.8 Å². The van der Waals surface area contributed by atoms with Crippen molar-refractivity contribution >= 4 is 11.5 Å². The van der Waals surface area contributed by atoms with E-state index in [-0.39, 0.29) is 24.1 Å². The Labute approximate surface area is 151 Å². The standard InChI is InChI=1S/C18H24N4O4/c1-11-8-16(13(3)20(11)9-15-6-5-7-26-15)17(23)10-21-14(4)18(22(24)25)12(2)19-21/h8,15H,5-7,9-10H2,1-4H3/t15-/m1/s1. The van der Waals surface area contributed by atoms with Crippen LogP contribution in [-0.2, 0) is 17.8 Å². The maximum atomic E-state index is 12.8. The summed E-state index contributed by atoms with van der Waals surface area (Å²) < 4.78 is 9.24. The Morgan fingerprint density at radius 3 is 2.65 bits per heavy atom. The lowest BCUT2D eigenvalue weighted by atomic mass is 10.1. The van der Waals surface area contributed by atoms with Crippen molar-refractivity contribution in [1.82, 2.24) is 14.3 Å². The third-order valence-corrected chi connectivity index (χ3v) is 5.10. The number of hydrogen-bond acceptors (Lipinski definition) is 5. The van der Waals surface area contributed by atoms with Crippen molar-refractivity contribution in [2.24, 2.45) is 0 Å². The Morgan fingerprint density at radius 1 is 1.35 bits per heavy atom. The summed E-state index contributed by atoms with van der Waals surface area (Å²) in [5.74, 6) is -0.0998. The molecule has 1 fully saturated rings. The smallest absolute Gasteiger partial charge is 0.312 e. The van der Waals surface area contributed by atoms with E-state index in [1.807, 2.05) is 19.9 Å². The third-order valence-electron chi connectivity index (χ3n) is 5.10. The molecule has 0 N–H and O–H groups in total. The van der Waals surface area contributed by atoms with Crippen LogP contribution in [0.5, 0.6) is 0 Å². The summed E-state index contributed by atoms with van der Waals surface area (Å²) >= 11 is 0. The Hall–Kier alpha value is -2.48. The van der Waals surface area contributed by atoms with E-state index in [0.717, 1.165) is 37.4 Å². The maximum Gasteiger partial charge on any atom is 0.312 e. The number of aryl methyl sites for hydroxylation is 2. The largest absolute Gasteiger partial charge is 0.376 e. The van der Waals surface area contributed by atoms with Gasteiger partial charge in [0.25, 0.3) is 0 Å². The first-order chi connectivity index (χ1) is 12.3. The number of carbonyl (C=O) groups is 1. The van der Waals surface area contributed by atoms with Crippen molar-refractivity contribution in [1.29, 1.82) is 0 Å². The fourth-order valence-corrected chi connectivity index (χ4v) is 3.68. The van der Waals surface area contributed by atoms with Crippen LogP contribution in [0.3, 0.4) is 0 Å². The summed E-state index contributed by atoms with van der Waals surface area (Å²) in [7, 11) is 0. The molecular weight excluding hydrogens is 336 g/mol. The van der Waals surface area contributed by atoms with Gasteiger partial charge in [-0.25, -0.2) is 0 Å². The summed E-state index contributed by atoms with van der Waals surface area (Å²) in [6.45, 7) is 8.64. The van der Waals surface area contributed by atoms with Crippen molar-refractivity contribution in [2.75, 3.05) is 6.61 Å². The normalized spacial score (nSPS) is 17.0. The average molecular weight is 360 g/mol. The summed E-state index contributed by atoms with van der Waals surface area (Å²) in [5, 5.41) is 15.3. The zero-order valence-corrected chi connectivity index (χ0v) is 15.6. The predicted molar refractivity (Wildman–Crippen MR) is 95.6 cm³/mol. The van der Waals surface area contributed by atoms with Gasteiger partial charge < -0.3 is 9.30 Å². The Morgan fingerprint density at radius 2 is 2.08 bits per heavy atom. The molecule has 0 amide bonds. The molecule has 3 heterocycles. The fourth-order valence-electron chi connectivity index (χ4n) is 3.68. The molecule has 1 saturated heterocycles. The predicted octanol–water partition coefficient (Wildman–Crippen LogP) is 2.89. The number of carbonyl (C=O) groups excluding carboxylic acids is 1. The van der Waals surface area contributed by atoms with Gasteiger partial charge in [0, 0.05) is 30.1 Å². The molecule has 1 aliphatic heterocycles. The number of hydrogen-bond donors (Lipinski definition) is 0. The number of aromatic nitrogens is 3. The summed E-state index contributed by atoms with van der Waals surface area (Å²) in [5.41, 5.74) is 3.25. The topological polar surface area (TPSA) is 92.2 Å². The number of rotatable bonds is 6. The zero-order valence-electron chi connectivity index (χ0n) is 15.6. The zero-order chi connectivity index (χ0) is 19.0. The molecule has 26 heavy (non-hydrogen) atoms. The Bertz CT molecular complexity index is 859. The number of Topliss-reactive ketones (excluding diaryl/α,β-unsaturated/α-hetero) is 1. The first-order valence-corrected chi connectivity index (χ1v) is 8.79. The summed E-state index contributed by atoms with van der Waals surface area (Å²) in [6.07, 6.45) is 2.31. The molecule has 2 aromatic rings. The van der Waals surface area contributed by atoms with Gasteiger partial charge in [-0.05, 0) is 46.6 Å². The second-order valence-electron chi connectivity index (χ2n) is 6.89. The minimum absolute atomic E-state index is 0.00919. The molecule has 0 spiro atoms. The van der Waals surface area contributed by atoms with Crippen molar-refractivity contribution < 1.29 is 14.5 Å². The number of nitrogens with zero attached hydrogens (tertiary/aromatic N) is 4. The molecule has 140 valence electrons. The Balaban J connectivity index is 1.82. The molecule has 3 rings (SSSR count). The van der Waals surface area contributed by atoms with Gasteiger partial charge in [-0.2, -0.15) is 5.10 Å². The van der Waals surface area contributed by atoms with Gasteiger partial charge in [-0.15, -0.1) is 0 Å². The van der Waals surface area contributed by atoms with Crippen LogP contribution < -0.4 is 0 Å². The van der Waals surface area contributed by atoms with Crippen LogP contribution in [0.2, 0.25) is 0 Å². The minimum atomic E-state index is -0.452. The van der Waals surface area contributed by atoms with Crippen molar-refractivity contribution in [3.63, 3.8) is 0 Å². The minimum Gasteiger partial charge on any atom is -0.376 e. The molecule has 0 bridgehead atoms. The molecule has 1 atom stereocenters. The monoisotopic (exact) mass is 360 g/mol. The maximum absolute atomic E-state index is 12.8. The van der Waals surface area contributed by atoms with Gasteiger partial charge in [-0.3, -0.25) is 19.6 Å². The highest BCUT2D eigenvalue weighted by molar-refractivity contribution is 5.97. The van der Waals surface area contributed by atoms with E-state index < -0.39 is 4.92 Å². The van der Waals surface area contributed by atoms with E-state index >= 15 is 0 Å². The van der Waals surface area contributed by atoms with E-state index in [2.05, 4.69) is 9.67 Å². The lowest BCUT2D eigenvalue weighted by molar-refractivity contribution is -0.386. The number of nitro groups is 1. The molecule has 0 unspecified atom stereocenters. The molecule has 8 nitrogen and oxygen atoms in total. The molecule has 0 radical (unpaired) electrons. The molecule has 0 saturated carbocycles. The highest BCUT2D eigenvalue weighted by Gasteiger charge is 2.25. The highest BCUT2D eigenvalue weighted by Crippen LogP contribution is 2.24. The molecule has 2 aromatic heterocycles. The van der Waals surface area contributed by atoms with Crippen LogP contribution in [0.15, 0.2) is 6.07 Å². The SMILES string of the molecule is Cc1nn(CC(=O)c2cc(C)n(C[C@H]3CCCO3)c2C)c(C)c1[N+](=O)[O-]. The summed E-state index contributed by atoms with van der Waals surface area (Å²) in [6, 6.07) is 1.88. The van der Waals surface area contributed by atoms with Gasteiger partial charge in [0.15, 0.2) is 5.78 Å². The van der Waals surface area contributed by atoms with E-state index in [4.69, 9.17) is 4.74 Å². The van der Waals surface area contributed by atoms with Gasteiger partial charge >= 0.3 is 5.69 Å². The van der Waals surface area contributed by atoms with Crippen molar-refractivity contribution in [3.05, 3.63) is 44.5 Å². The van der Waals surface area contributed by atoms with E-state index in [1.54, 1.807) is 13.8 Å². The average Bonchev–Trinajstić information content (AvgIpc) is 3.24. The highest BCUT2D eigenvalue weighted by atomic mass is 16.6. The third kappa shape index (κ3) is 3.29. The fraction of sp³-hybridized carbons (Fsp3) is 0.556. The second kappa shape index (κ2) is 7.03. The lowest BCUT2D eigenvalue weighted by Crippen LogP contribution is -2.18. The van der Waals surface area contributed by atoms with Crippen LogP contribution >= 0.6 is 0 Å². The Kier molecular flexibility index (Phi) is 4.95. The van der Waals surface area contributed by atoms with Crippen molar-refractivity contribution in [3.8, 4) is 0 Å². The molecule has 8 heteroatoms. The number of ether oxygens (including phenoxy) is 1. The molecule has 1 aliphatic rings. The van der Waals surface area contributed by atoms with Crippen LogP contribution in [0.25, 0.3) is 0 Å². The van der Waals surface area contributed by atoms with E-state index in [1.165, 1.54) is 4.68 Å². The first-order valence-electron chi connectivity index (χ1n) is 8.79. The molecule has 0 aliphatic carbocycles. The first kappa shape index (κ1) is 18.3. The lowest BCUT2D eigenvalue weighted by Gasteiger charge is -2.14. The van der Waals surface area contributed by atoms with Crippen LogP contribution in [-0.4, -0.2) is 37.8 Å². The van der Waals surface area contributed by atoms with Gasteiger partial charge in [0.2, 0.25) is 0 Å². The quantitative estimate of drug-likeness (QED) is 0.449. The molecule has 0 aromatic carbocycles. The van der Waals surface area contributed by atoms with Gasteiger partial charge in [0.05, 0.1) is 11.0 Å². The molecular formula is C18H24N4O4. The van der Waals surface area contributed by atoms with Crippen molar-refractivity contribution in [2.45, 2.75) is 59.7 Å². The van der Waals surface area contributed by atoms with E-state index in [0.29, 0.717) is 17.0 Å². The summed E-state index contributed by atoms with van der Waals surface area (Å²) in [4.78, 5) is 23.5. The van der Waals surface area contributed by atoms with E-state index in [9.17, 15) is 14.9 Å².